The minimum atomic E-state index is -3.67. The minimum Gasteiger partial charge on any atom is -0.496 e. The molecule has 2 aliphatic heterocycles. The molecular weight excluding hydrogens is 396 g/mol. The summed E-state index contributed by atoms with van der Waals surface area (Å²) in [5.74, 6) is 1.72. The van der Waals surface area contributed by atoms with Gasteiger partial charge in [-0.2, -0.15) is 0 Å². The van der Waals surface area contributed by atoms with E-state index in [0.29, 0.717) is 23.8 Å². The second-order valence-corrected chi connectivity index (χ2v) is 8.86. The fourth-order valence-electron chi connectivity index (χ4n) is 3.55. The maximum absolute atomic E-state index is 12.6. The van der Waals surface area contributed by atoms with Crippen LogP contribution in [0.5, 0.6) is 17.2 Å². The van der Waals surface area contributed by atoms with Crippen LogP contribution in [0.1, 0.15) is 12.0 Å². The molecule has 1 N–H and O–H groups in total. The number of aryl methyl sites for hydroxylation is 1. The highest BCUT2D eigenvalue weighted by Crippen LogP contribution is 2.37. The zero-order valence-corrected chi connectivity index (χ0v) is 17.0. The maximum Gasteiger partial charge on any atom is 0.240 e. The van der Waals surface area contributed by atoms with Gasteiger partial charge in [0.25, 0.3) is 0 Å². The Balaban J connectivity index is 1.42. The maximum atomic E-state index is 12.6. The van der Waals surface area contributed by atoms with Crippen LogP contribution in [0.3, 0.4) is 0 Å². The second kappa shape index (κ2) is 7.57. The molecule has 9 heteroatoms. The van der Waals surface area contributed by atoms with E-state index in [0.717, 1.165) is 11.3 Å². The van der Waals surface area contributed by atoms with E-state index in [2.05, 4.69) is 4.72 Å². The largest absolute Gasteiger partial charge is 0.496 e. The first kappa shape index (κ1) is 19.5. The number of anilines is 1. The SMILES string of the molecule is COc1ccc(S(=O)(=O)NC[C@@H]2CC(=O)N(c3ccc4c(c3)OCO4)C2)cc1C. The van der Waals surface area contributed by atoms with Crippen molar-refractivity contribution in [1.82, 2.24) is 4.72 Å². The highest BCUT2D eigenvalue weighted by atomic mass is 32.2. The number of fused-ring (bicyclic) bond motifs is 1. The second-order valence-electron chi connectivity index (χ2n) is 7.10. The van der Waals surface area contributed by atoms with Crippen LogP contribution in [-0.4, -0.2) is 41.3 Å². The number of nitrogens with one attached hydrogen (secondary N) is 1. The lowest BCUT2D eigenvalue weighted by Gasteiger charge is -2.17. The predicted molar refractivity (Wildman–Crippen MR) is 106 cm³/mol. The van der Waals surface area contributed by atoms with Crippen LogP contribution in [0.15, 0.2) is 41.3 Å². The Morgan fingerprint density at radius 3 is 2.72 bits per heavy atom. The third-order valence-corrected chi connectivity index (χ3v) is 6.53. The summed E-state index contributed by atoms with van der Waals surface area (Å²) in [7, 11) is -2.14. The smallest absolute Gasteiger partial charge is 0.240 e. The summed E-state index contributed by atoms with van der Waals surface area (Å²) in [5, 5.41) is 0. The summed E-state index contributed by atoms with van der Waals surface area (Å²) in [4.78, 5) is 14.3. The van der Waals surface area contributed by atoms with Gasteiger partial charge < -0.3 is 19.1 Å². The lowest BCUT2D eigenvalue weighted by Crippen LogP contribution is -2.31. The summed E-state index contributed by atoms with van der Waals surface area (Å²) < 4.78 is 43.7. The number of rotatable bonds is 6. The van der Waals surface area contributed by atoms with Crippen LogP contribution in [0.2, 0.25) is 0 Å². The van der Waals surface area contributed by atoms with E-state index < -0.39 is 10.0 Å². The number of nitrogens with zero attached hydrogens (tertiary/aromatic N) is 1. The van der Waals surface area contributed by atoms with Gasteiger partial charge in [-0.3, -0.25) is 4.79 Å². The molecule has 2 aromatic carbocycles. The van der Waals surface area contributed by atoms with Crippen molar-refractivity contribution in [3.63, 3.8) is 0 Å². The Bertz CT molecular complexity index is 1050. The Morgan fingerprint density at radius 2 is 1.97 bits per heavy atom. The zero-order chi connectivity index (χ0) is 20.6. The van der Waals surface area contributed by atoms with Crippen molar-refractivity contribution in [2.24, 2.45) is 5.92 Å². The number of carbonyl (C=O) groups excluding carboxylic acids is 1. The van der Waals surface area contributed by atoms with E-state index in [4.69, 9.17) is 14.2 Å². The molecule has 0 unspecified atom stereocenters. The third-order valence-electron chi connectivity index (χ3n) is 5.11. The summed E-state index contributed by atoms with van der Waals surface area (Å²) in [6.45, 7) is 2.57. The van der Waals surface area contributed by atoms with E-state index in [-0.39, 0.29) is 36.5 Å². The van der Waals surface area contributed by atoms with E-state index in [1.54, 1.807) is 42.2 Å². The fourth-order valence-corrected chi connectivity index (χ4v) is 4.75. The average molecular weight is 418 g/mol. The minimum absolute atomic E-state index is 0.0478. The van der Waals surface area contributed by atoms with E-state index >= 15 is 0 Å². The van der Waals surface area contributed by atoms with Crippen molar-refractivity contribution >= 4 is 21.6 Å². The van der Waals surface area contributed by atoms with Crippen molar-refractivity contribution in [2.75, 3.05) is 31.9 Å². The molecule has 1 atom stereocenters. The Morgan fingerprint density at radius 1 is 1.17 bits per heavy atom. The molecule has 0 bridgehead atoms. The van der Waals surface area contributed by atoms with Crippen LogP contribution < -0.4 is 23.8 Å². The summed E-state index contributed by atoms with van der Waals surface area (Å²) >= 11 is 0. The standard InChI is InChI=1S/C20H22N2O6S/c1-13-7-16(4-6-17(13)26-2)29(24,25)21-10-14-8-20(23)22(11-14)15-3-5-18-19(9-15)28-12-27-18/h3-7,9,14,21H,8,10-12H2,1-2H3/t14-/m0/s1. The van der Waals surface area contributed by atoms with Gasteiger partial charge in [0.05, 0.1) is 12.0 Å². The van der Waals surface area contributed by atoms with Crippen molar-refractivity contribution in [2.45, 2.75) is 18.2 Å². The molecule has 2 aromatic rings. The van der Waals surface area contributed by atoms with Gasteiger partial charge in [0.2, 0.25) is 22.7 Å². The molecule has 154 valence electrons. The Kier molecular flexibility index (Phi) is 5.10. The van der Waals surface area contributed by atoms with Gasteiger partial charge in [-0.25, -0.2) is 13.1 Å². The number of benzene rings is 2. The molecule has 1 saturated heterocycles. The highest BCUT2D eigenvalue weighted by molar-refractivity contribution is 7.89. The van der Waals surface area contributed by atoms with E-state index in [1.807, 2.05) is 0 Å². The van der Waals surface area contributed by atoms with Crippen molar-refractivity contribution < 1.29 is 27.4 Å². The number of ether oxygens (including phenoxy) is 3. The van der Waals surface area contributed by atoms with Gasteiger partial charge in [-0.15, -0.1) is 0 Å². The molecule has 29 heavy (non-hydrogen) atoms. The molecule has 1 fully saturated rings. The van der Waals surface area contributed by atoms with Crippen LogP contribution in [0.25, 0.3) is 0 Å². The molecule has 0 saturated carbocycles. The molecule has 2 aliphatic rings. The molecule has 0 radical (unpaired) electrons. The predicted octanol–water partition coefficient (Wildman–Crippen LogP) is 2.06. The summed E-state index contributed by atoms with van der Waals surface area (Å²) in [6, 6.07) is 10.1. The van der Waals surface area contributed by atoms with E-state index in [9.17, 15) is 13.2 Å². The molecular formula is C20H22N2O6S. The first-order chi connectivity index (χ1) is 13.9. The Hall–Kier alpha value is -2.78. The van der Waals surface area contributed by atoms with Gasteiger partial charge >= 0.3 is 0 Å². The normalized spacial score (nSPS) is 18.3. The number of amides is 1. The van der Waals surface area contributed by atoms with Gasteiger partial charge in [0.1, 0.15) is 5.75 Å². The van der Waals surface area contributed by atoms with Gasteiger partial charge in [-0.1, -0.05) is 0 Å². The first-order valence-corrected chi connectivity index (χ1v) is 10.7. The van der Waals surface area contributed by atoms with Crippen molar-refractivity contribution in [3.05, 3.63) is 42.0 Å². The number of methoxy groups -OCH3 is 1. The van der Waals surface area contributed by atoms with Crippen LogP contribution >= 0.6 is 0 Å². The number of carbonyl (C=O) groups is 1. The molecule has 0 aliphatic carbocycles. The third kappa shape index (κ3) is 3.88. The molecule has 8 nitrogen and oxygen atoms in total. The molecule has 4 rings (SSSR count). The fraction of sp³-hybridized carbons (Fsp3) is 0.350. The average Bonchev–Trinajstić information content (AvgIpc) is 3.32. The van der Waals surface area contributed by atoms with Crippen LogP contribution in [0.4, 0.5) is 5.69 Å². The molecule has 0 aromatic heterocycles. The number of hydrogen-bond donors (Lipinski definition) is 1. The van der Waals surface area contributed by atoms with Crippen molar-refractivity contribution in [3.8, 4) is 17.2 Å². The lowest BCUT2D eigenvalue weighted by molar-refractivity contribution is -0.117. The van der Waals surface area contributed by atoms with Gasteiger partial charge in [-0.05, 0) is 48.7 Å². The molecule has 0 spiro atoms. The van der Waals surface area contributed by atoms with Crippen LogP contribution in [0, 0.1) is 12.8 Å². The number of sulfonamides is 1. The quantitative estimate of drug-likeness (QED) is 0.772. The Labute approximate surface area is 169 Å². The topological polar surface area (TPSA) is 94.2 Å². The van der Waals surface area contributed by atoms with Crippen LogP contribution in [-0.2, 0) is 14.8 Å². The summed E-state index contributed by atoms with van der Waals surface area (Å²) in [6.07, 6.45) is 0.276. The molecule has 1 amide bonds. The lowest BCUT2D eigenvalue weighted by atomic mass is 10.1. The van der Waals surface area contributed by atoms with Gasteiger partial charge in [0.15, 0.2) is 11.5 Å². The zero-order valence-electron chi connectivity index (χ0n) is 16.2. The van der Waals surface area contributed by atoms with Gasteiger partial charge in [0, 0.05) is 31.3 Å². The van der Waals surface area contributed by atoms with E-state index in [1.165, 1.54) is 13.2 Å². The van der Waals surface area contributed by atoms with Crippen molar-refractivity contribution in [1.29, 1.82) is 0 Å². The molecule has 2 heterocycles. The monoisotopic (exact) mass is 418 g/mol. The first-order valence-electron chi connectivity index (χ1n) is 9.22. The summed E-state index contributed by atoms with van der Waals surface area (Å²) in [5.41, 5.74) is 1.45. The number of hydrogen-bond acceptors (Lipinski definition) is 6. The highest BCUT2D eigenvalue weighted by Gasteiger charge is 2.32.